The molecule has 0 spiro atoms. The minimum Gasteiger partial charge on any atom is -0.267 e. The highest BCUT2D eigenvalue weighted by Gasteiger charge is 2.35. The van der Waals surface area contributed by atoms with E-state index in [0.717, 1.165) is 39.6 Å². The van der Waals surface area contributed by atoms with E-state index < -0.39 is 11.7 Å². The van der Waals surface area contributed by atoms with Gasteiger partial charge in [-0.2, -0.15) is 0 Å². The molecule has 2 aromatic rings. The molecule has 1 amide bonds. The summed E-state index contributed by atoms with van der Waals surface area (Å²) in [7, 11) is 0. The highest BCUT2D eigenvalue weighted by molar-refractivity contribution is 9.10. The molecule has 2 aliphatic rings. The number of rotatable bonds is 3. The number of hydrogen-bond acceptors (Lipinski definition) is 2. The second-order valence-corrected chi connectivity index (χ2v) is 8.49. The van der Waals surface area contributed by atoms with Gasteiger partial charge in [-0.1, -0.05) is 53.7 Å². The number of nitrogens with zero attached hydrogens (tertiary/aromatic N) is 2. The van der Waals surface area contributed by atoms with Crippen LogP contribution in [0.4, 0.5) is 10.1 Å². The van der Waals surface area contributed by atoms with Crippen molar-refractivity contribution in [1.82, 2.24) is 0 Å². The summed E-state index contributed by atoms with van der Waals surface area (Å²) in [6.45, 7) is 7.91. The van der Waals surface area contributed by atoms with Crippen LogP contribution in [0.2, 0.25) is 0 Å². The van der Waals surface area contributed by atoms with Crippen LogP contribution in [0, 0.1) is 6.92 Å². The predicted molar refractivity (Wildman–Crippen MR) is 115 cm³/mol. The Labute approximate surface area is 173 Å². The van der Waals surface area contributed by atoms with Gasteiger partial charge in [0.15, 0.2) is 5.83 Å². The minimum atomic E-state index is -0.985. The first-order chi connectivity index (χ1) is 13.4. The lowest BCUT2D eigenvalue weighted by Gasteiger charge is -2.31. The number of aliphatic imine (C=N–C) groups is 1. The van der Waals surface area contributed by atoms with E-state index in [0.29, 0.717) is 24.0 Å². The van der Waals surface area contributed by atoms with Gasteiger partial charge in [-0.25, -0.2) is 4.39 Å². The number of amides is 1. The molecule has 1 saturated carbocycles. The quantitative estimate of drug-likeness (QED) is 0.537. The molecule has 0 radical (unpaired) electrons. The number of anilines is 1. The van der Waals surface area contributed by atoms with Gasteiger partial charge in [-0.05, 0) is 54.5 Å². The number of benzene rings is 2. The van der Waals surface area contributed by atoms with Gasteiger partial charge >= 0.3 is 0 Å². The van der Waals surface area contributed by atoms with Crippen molar-refractivity contribution in [3.63, 3.8) is 0 Å². The van der Waals surface area contributed by atoms with Crippen LogP contribution in [0.25, 0.3) is 0 Å². The second-order valence-electron chi connectivity index (χ2n) is 7.63. The van der Waals surface area contributed by atoms with Crippen molar-refractivity contribution in [2.75, 3.05) is 11.4 Å². The summed E-state index contributed by atoms with van der Waals surface area (Å²) in [5.74, 6) is -0.609. The molecule has 2 aromatic carbocycles. The Morgan fingerprint density at radius 3 is 2.64 bits per heavy atom. The summed E-state index contributed by atoms with van der Waals surface area (Å²) in [5, 5.41) is 0. The largest absolute Gasteiger partial charge is 0.292 e. The Morgan fingerprint density at radius 2 is 1.96 bits per heavy atom. The van der Waals surface area contributed by atoms with Crippen molar-refractivity contribution in [2.45, 2.75) is 38.5 Å². The molecule has 0 aromatic heterocycles. The first-order valence-corrected chi connectivity index (χ1v) is 10.3. The highest BCUT2D eigenvalue weighted by Crippen LogP contribution is 2.47. The zero-order valence-corrected chi connectivity index (χ0v) is 17.6. The molecule has 3 nitrogen and oxygen atoms in total. The van der Waals surface area contributed by atoms with E-state index in [1.165, 1.54) is 4.90 Å². The molecule has 5 heteroatoms. The fourth-order valence-electron chi connectivity index (χ4n) is 3.77. The maximum absolute atomic E-state index is 14.1. The number of amidine groups is 1. The molecule has 1 aliphatic heterocycles. The number of carbonyl (C=O) groups excluding carboxylic acids is 1. The summed E-state index contributed by atoms with van der Waals surface area (Å²) in [5.41, 5.74) is 4.73. The van der Waals surface area contributed by atoms with Gasteiger partial charge in [0.1, 0.15) is 5.84 Å². The van der Waals surface area contributed by atoms with Crippen LogP contribution in [-0.2, 0) is 4.79 Å². The van der Waals surface area contributed by atoms with Crippen molar-refractivity contribution >= 4 is 33.4 Å². The van der Waals surface area contributed by atoms with Gasteiger partial charge in [-0.15, -0.1) is 0 Å². The summed E-state index contributed by atoms with van der Waals surface area (Å²) in [6, 6.07) is 11.9. The van der Waals surface area contributed by atoms with Crippen molar-refractivity contribution in [3.8, 4) is 0 Å². The highest BCUT2D eigenvalue weighted by atomic mass is 79.9. The Kier molecular flexibility index (Phi) is 4.96. The third-order valence-electron chi connectivity index (χ3n) is 5.46. The molecule has 1 heterocycles. The number of halogens is 2. The molecule has 0 N–H and O–H groups in total. The lowest BCUT2D eigenvalue weighted by Crippen LogP contribution is -2.40. The average molecular weight is 441 g/mol. The van der Waals surface area contributed by atoms with Crippen LogP contribution in [0.15, 0.2) is 58.3 Å². The van der Waals surface area contributed by atoms with Crippen LogP contribution in [0.1, 0.15) is 53.9 Å². The molecule has 0 bridgehead atoms. The van der Waals surface area contributed by atoms with E-state index in [1.807, 2.05) is 31.2 Å². The van der Waals surface area contributed by atoms with Gasteiger partial charge in [0, 0.05) is 22.5 Å². The second kappa shape index (κ2) is 7.28. The maximum atomic E-state index is 14.1. The number of carbonyl (C=O) groups is 1. The van der Waals surface area contributed by atoms with Gasteiger partial charge in [0.2, 0.25) is 0 Å². The fourth-order valence-corrected chi connectivity index (χ4v) is 4.13. The molecule has 0 unspecified atom stereocenters. The summed E-state index contributed by atoms with van der Waals surface area (Å²) < 4.78 is 15.1. The molecule has 0 saturated heterocycles. The number of fused-ring (bicyclic) bond motifs is 1. The van der Waals surface area contributed by atoms with Gasteiger partial charge in [0.05, 0.1) is 5.69 Å². The van der Waals surface area contributed by atoms with E-state index >= 15 is 0 Å². The van der Waals surface area contributed by atoms with Crippen molar-refractivity contribution in [1.29, 1.82) is 0 Å². The van der Waals surface area contributed by atoms with Gasteiger partial charge in [0.25, 0.3) is 5.91 Å². The van der Waals surface area contributed by atoms with E-state index in [4.69, 9.17) is 4.99 Å². The fraction of sp³-hybridized carbons (Fsp3) is 0.304. The SMILES string of the molecule is C=C(F)C(=O)N(C1=NC[C@H](C)c2ccccc21)c1cc(C)c(Br)cc1C1CC1. The molecule has 4 rings (SSSR count). The zero-order chi connectivity index (χ0) is 20.0. The van der Waals surface area contributed by atoms with Gasteiger partial charge < -0.3 is 0 Å². The maximum Gasteiger partial charge on any atom is 0.292 e. The smallest absolute Gasteiger partial charge is 0.267 e. The van der Waals surface area contributed by atoms with Crippen molar-refractivity contribution in [3.05, 3.63) is 75.5 Å². The van der Waals surface area contributed by atoms with Crippen LogP contribution >= 0.6 is 15.9 Å². The van der Waals surface area contributed by atoms with E-state index in [-0.39, 0.29) is 5.92 Å². The minimum absolute atomic E-state index is 0.250. The van der Waals surface area contributed by atoms with E-state index in [1.54, 1.807) is 0 Å². The van der Waals surface area contributed by atoms with Crippen LogP contribution in [0.5, 0.6) is 0 Å². The first-order valence-electron chi connectivity index (χ1n) is 9.51. The van der Waals surface area contributed by atoms with Crippen molar-refractivity contribution < 1.29 is 9.18 Å². The number of aryl methyl sites for hydroxylation is 1. The molecule has 144 valence electrons. The normalized spacial score (nSPS) is 18.3. The lowest BCUT2D eigenvalue weighted by molar-refractivity contribution is -0.115. The van der Waals surface area contributed by atoms with Gasteiger partial charge in [-0.3, -0.25) is 14.7 Å². The zero-order valence-electron chi connectivity index (χ0n) is 16.0. The summed E-state index contributed by atoms with van der Waals surface area (Å²) in [6.07, 6.45) is 2.14. The first kappa shape index (κ1) is 19.1. The lowest BCUT2D eigenvalue weighted by atomic mass is 9.91. The monoisotopic (exact) mass is 440 g/mol. The van der Waals surface area contributed by atoms with E-state index in [2.05, 4.69) is 41.6 Å². The standard InChI is InChI=1S/C23H22BrFN2O/c1-13-10-21(19(11-20(13)24)16-8-9-16)27(23(28)15(3)25)22-18-7-5-4-6-17(18)14(2)12-26-22/h4-7,10-11,14,16H,3,8-9,12H2,1-2H3/t14-/m0/s1. The Hall–Kier alpha value is -2.27. The average Bonchev–Trinajstić information content (AvgIpc) is 3.51. The topological polar surface area (TPSA) is 32.7 Å². The Morgan fingerprint density at radius 1 is 1.25 bits per heavy atom. The van der Waals surface area contributed by atoms with E-state index in [9.17, 15) is 9.18 Å². The van der Waals surface area contributed by atoms with Crippen LogP contribution in [0.3, 0.4) is 0 Å². The third kappa shape index (κ3) is 3.32. The third-order valence-corrected chi connectivity index (χ3v) is 6.31. The molecule has 1 aliphatic carbocycles. The summed E-state index contributed by atoms with van der Waals surface area (Å²) >= 11 is 3.60. The molecule has 1 atom stereocenters. The van der Waals surface area contributed by atoms with Crippen LogP contribution < -0.4 is 4.90 Å². The summed E-state index contributed by atoms with van der Waals surface area (Å²) in [4.78, 5) is 19.1. The molecule has 1 fully saturated rings. The Balaban J connectivity index is 1.93. The Bertz CT molecular complexity index is 1010. The molecular formula is C23H22BrFN2O. The predicted octanol–water partition coefficient (Wildman–Crippen LogP) is 6.02. The van der Waals surface area contributed by atoms with Crippen molar-refractivity contribution in [2.24, 2.45) is 4.99 Å². The molecule has 28 heavy (non-hydrogen) atoms. The molecular weight excluding hydrogens is 419 g/mol. The van der Waals surface area contributed by atoms with Crippen LogP contribution in [-0.4, -0.2) is 18.3 Å². The number of hydrogen-bond donors (Lipinski definition) is 0.